The molecule has 0 saturated carbocycles. The van der Waals surface area contributed by atoms with Gasteiger partial charge in [0, 0.05) is 3.57 Å². The second-order valence-electron chi connectivity index (χ2n) is 1.78. The van der Waals surface area contributed by atoms with Gasteiger partial charge in [-0.15, -0.1) is 5.11 Å². The van der Waals surface area contributed by atoms with E-state index in [4.69, 9.17) is 5.26 Å². The van der Waals surface area contributed by atoms with E-state index in [1.807, 2.05) is 24.3 Å². The zero-order valence-electron chi connectivity index (χ0n) is 5.53. The fourth-order valence-corrected chi connectivity index (χ4v) is 0.947. The molecule has 1 aromatic rings. The van der Waals surface area contributed by atoms with E-state index < -0.39 is 0 Å². The predicted molar refractivity (Wildman–Crippen MR) is 49.3 cm³/mol. The van der Waals surface area contributed by atoms with Crippen molar-refractivity contribution in [2.45, 2.75) is 0 Å². The van der Waals surface area contributed by atoms with Crippen molar-refractivity contribution in [1.82, 2.24) is 0 Å². The van der Waals surface area contributed by atoms with E-state index in [9.17, 15) is 0 Å². The number of benzene rings is 1. The third-order valence-corrected chi connectivity index (χ3v) is 1.76. The number of rotatable bonds is 1. The summed E-state index contributed by atoms with van der Waals surface area (Å²) in [6.07, 6.45) is 1.59. The summed E-state index contributed by atoms with van der Waals surface area (Å²) in [6.45, 7) is 0. The van der Waals surface area contributed by atoms with Gasteiger partial charge in [-0.25, -0.2) is 0 Å². The van der Waals surface area contributed by atoms with Crippen molar-refractivity contribution < 1.29 is 0 Å². The van der Waals surface area contributed by atoms with Crippen LogP contribution in [0.2, 0.25) is 0 Å². The van der Waals surface area contributed by atoms with Crippen molar-refractivity contribution in [1.29, 1.82) is 5.26 Å². The lowest BCUT2D eigenvalue weighted by Crippen LogP contribution is -1.66. The summed E-state index contributed by atoms with van der Waals surface area (Å²) in [5, 5.41) is 14.9. The molecule has 1 rings (SSSR count). The van der Waals surface area contributed by atoms with Crippen LogP contribution in [0.3, 0.4) is 0 Å². The van der Waals surface area contributed by atoms with E-state index in [-0.39, 0.29) is 0 Å². The van der Waals surface area contributed by atoms with E-state index in [0.717, 1.165) is 3.57 Å². The molecule has 0 unspecified atom stereocenters. The number of azo groups is 1. The van der Waals surface area contributed by atoms with Gasteiger partial charge in [-0.05, 0) is 46.9 Å². The number of nitriles is 1. The van der Waals surface area contributed by atoms with Crippen molar-refractivity contribution in [3.63, 3.8) is 0 Å². The second kappa shape index (κ2) is 4.03. The summed E-state index contributed by atoms with van der Waals surface area (Å²) in [4.78, 5) is 0. The highest BCUT2D eigenvalue weighted by Gasteiger charge is 1.87. The van der Waals surface area contributed by atoms with Crippen LogP contribution < -0.4 is 0 Å². The topological polar surface area (TPSA) is 48.5 Å². The van der Waals surface area contributed by atoms with Gasteiger partial charge in [0.15, 0.2) is 0 Å². The molecule has 0 saturated heterocycles. The predicted octanol–water partition coefficient (Wildman–Crippen LogP) is 2.86. The van der Waals surface area contributed by atoms with E-state index in [0.29, 0.717) is 5.69 Å². The average molecular weight is 257 g/mol. The minimum atomic E-state index is 0.701. The summed E-state index contributed by atoms with van der Waals surface area (Å²) in [6, 6.07) is 7.43. The second-order valence-corrected chi connectivity index (χ2v) is 3.02. The first-order chi connectivity index (χ1) is 5.33. The highest BCUT2D eigenvalue weighted by molar-refractivity contribution is 14.1. The number of hydrogen-bond acceptors (Lipinski definition) is 3. The maximum Gasteiger partial charge on any atom is 0.226 e. The fraction of sp³-hybridized carbons (Fsp3) is 0. The molecule has 0 aliphatic heterocycles. The third-order valence-electron chi connectivity index (χ3n) is 1.04. The van der Waals surface area contributed by atoms with E-state index >= 15 is 0 Å². The molecule has 3 nitrogen and oxygen atoms in total. The van der Waals surface area contributed by atoms with Crippen LogP contribution in [0.1, 0.15) is 0 Å². The molecule has 1 aromatic carbocycles. The Kier molecular flexibility index (Phi) is 2.98. The largest absolute Gasteiger partial charge is 0.226 e. The molecule has 0 atom stereocenters. The zero-order valence-corrected chi connectivity index (χ0v) is 7.69. The van der Waals surface area contributed by atoms with E-state index in [2.05, 4.69) is 32.8 Å². The molecule has 4 heteroatoms. The Labute approximate surface area is 77.9 Å². The van der Waals surface area contributed by atoms with Crippen molar-refractivity contribution in [3.8, 4) is 6.19 Å². The van der Waals surface area contributed by atoms with Gasteiger partial charge in [-0.1, -0.05) is 5.11 Å². The number of halogens is 1. The standard InChI is InChI=1S/C7H4IN3/c8-6-1-3-7(4-2-6)11-10-5-9/h1-4H. The molecule has 0 amide bonds. The first kappa shape index (κ1) is 8.14. The first-order valence-electron chi connectivity index (χ1n) is 2.88. The zero-order chi connectivity index (χ0) is 8.10. The van der Waals surface area contributed by atoms with Crippen molar-refractivity contribution in [2.24, 2.45) is 10.2 Å². The van der Waals surface area contributed by atoms with Crippen molar-refractivity contribution in [3.05, 3.63) is 27.8 Å². The maximum absolute atomic E-state index is 8.07. The molecule has 0 heterocycles. The molecule has 0 fully saturated rings. The minimum Gasteiger partial charge on any atom is -0.169 e. The Morgan fingerprint density at radius 1 is 1.27 bits per heavy atom. The number of nitrogens with zero attached hydrogens (tertiary/aromatic N) is 3. The summed E-state index contributed by atoms with van der Waals surface area (Å²) >= 11 is 2.20. The summed E-state index contributed by atoms with van der Waals surface area (Å²) in [7, 11) is 0. The molecule has 54 valence electrons. The van der Waals surface area contributed by atoms with Gasteiger partial charge in [0.25, 0.3) is 0 Å². The molecular formula is C7H4IN3. The third kappa shape index (κ3) is 2.63. The van der Waals surface area contributed by atoms with Crippen molar-refractivity contribution in [2.75, 3.05) is 0 Å². The minimum absolute atomic E-state index is 0.701. The summed E-state index contributed by atoms with van der Waals surface area (Å²) in [5.74, 6) is 0. The van der Waals surface area contributed by atoms with Gasteiger partial charge < -0.3 is 0 Å². The Hall–Kier alpha value is -0.960. The fourth-order valence-electron chi connectivity index (χ4n) is 0.588. The monoisotopic (exact) mass is 257 g/mol. The lowest BCUT2D eigenvalue weighted by Gasteiger charge is -1.89. The molecule has 0 radical (unpaired) electrons. The van der Waals surface area contributed by atoms with E-state index in [1.54, 1.807) is 6.19 Å². The molecule has 0 bridgehead atoms. The van der Waals surface area contributed by atoms with Crippen LogP contribution >= 0.6 is 22.6 Å². The molecule has 11 heavy (non-hydrogen) atoms. The summed E-state index contributed by atoms with van der Waals surface area (Å²) < 4.78 is 1.14. The van der Waals surface area contributed by atoms with Crippen LogP contribution in [-0.2, 0) is 0 Å². The molecule has 0 aliphatic carbocycles. The van der Waals surface area contributed by atoms with Gasteiger partial charge in [0.1, 0.15) is 0 Å². The van der Waals surface area contributed by atoms with Gasteiger partial charge >= 0.3 is 0 Å². The van der Waals surface area contributed by atoms with Crippen LogP contribution in [0.15, 0.2) is 34.5 Å². The van der Waals surface area contributed by atoms with E-state index in [1.165, 1.54) is 0 Å². The van der Waals surface area contributed by atoms with Crippen LogP contribution in [-0.4, -0.2) is 0 Å². The van der Waals surface area contributed by atoms with Gasteiger partial charge in [0.05, 0.1) is 5.69 Å². The Morgan fingerprint density at radius 2 is 1.91 bits per heavy atom. The smallest absolute Gasteiger partial charge is 0.169 e. The molecule has 0 aliphatic rings. The number of hydrogen-bond donors (Lipinski definition) is 0. The van der Waals surface area contributed by atoms with Gasteiger partial charge in [0.2, 0.25) is 6.19 Å². The lowest BCUT2D eigenvalue weighted by atomic mass is 10.3. The molecular weight excluding hydrogens is 253 g/mol. The van der Waals surface area contributed by atoms with Crippen molar-refractivity contribution >= 4 is 28.3 Å². The lowest BCUT2D eigenvalue weighted by molar-refractivity contribution is 1.23. The van der Waals surface area contributed by atoms with Crippen LogP contribution in [0.25, 0.3) is 0 Å². The molecule has 0 spiro atoms. The highest BCUT2D eigenvalue weighted by Crippen LogP contribution is 2.13. The van der Waals surface area contributed by atoms with Crippen LogP contribution in [0.5, 0.6) is 0 Å². The van der Waals surface area contributed by atoms with Gasteiger partial charge in [-0.3, -0.25) is 0 Å². The van der Waals surface area contributed by atoms with Gasteiger partial charge in [-0.2, -0.15) is 5.26 Å². The maximum atomic E-state index is 8.07. The molecule has 0 N–H and O–H groups in total. The Balaban J connectivity index is 2.84. The highest BCUT2D eigenvalue weighted by atomic mass is 127. The Bertz CT molecular complexity index is 296. The quantitative estimate of drug-likeness (QED) is 0.433. The average Bonchev–Trinajstić information content (AvgIpc) is 2.04. The Morgan fingerprint density at radius 3 is 2.45 bits per heavy atom. The van der Waals surface area contributed by atoms with Crippen LogP contribution in [0.4, 0.5) is 5.69 Å². The van der Waals surface area contributed by atoms with Crippen LogP contribution in [0, 0.1) is 15.0 Å². The normalized spacial score (nSPS) is 9.82. The SMILES string of the molecule is N#CN=Nc1ccc(I)cc1. The summed E-state index contributed by atoms with van der Waals surface area (Å²) in [5.41, 5.74) is 0.701. The molecule has 0 aromatic heterocycles. The first-order valence-corrected chi connectivity index (χ1v) is 3.96.